The summed E-state index contributed by atoms with van der Waals surface area (Å²) in [6.45, 7) is 9.54. The second-order valence-corrected chi connectivity index (χ2v) is 8.75. The first kappa shape index (κ1) is 20.7. The summed E-state index contributed by atoms with van der Waals surface area (Å²) in [4.78, 5) is 17.2. The van der Waals surface area contributed by atoms with E-state index in [4.69, 9.17) is 4.98 Å². The number of hydrogen-bond acceptors (Lipinski definition) is 3. The van der Waals surface area contributed by atoms with Crippen LogP contribution in [-0.2, 0) is 4.79 Å². The predicted octanol–water partition coefficient (Wildman–Crippen LogP) is 5.80. The molecule has 0 bridgehead atoms. The van der Waals surface area contributed by atoms with Gasteiger partial charge in [-0.3, -0.25) is 4.79 Å². The molecular weight excluding hydrogens is 391 g/mol. The highest BCUT2D eigenvalue weighted by Gasteiger charge is 2.22. The highest BCUT2D eigenvalue weighted by atomic mass is 19.1. The van der Waals surface area contributed by atoms with Gasteiger partial charge in [0.2, 0.25) is 5.91 Å². The molecule has 5 nitrogen and oxygen atoms in total. The average Bonchev–Trinajstić information content (AvgIpc) is 3.05. The monoisotopic (exact) mass is 416 g/mol. The van der Waals surface area contributed by atoms with Gasteiger partial charge in [-0.1, -0.05) is 45.0 Å². The van der Waals surface area contributed by atoms with E-state index in [2.05, 4.69) is 10.4 Å². The summed E-state index contributed by atoms with van der Waals surface area (Å²) in [5, 5.41) is 7.64. The molecule has 1 N–H and O–H groups in total. The highest BCUT2D eigenvalue weighted by Crippen LogP contribution is 2.30. The Kier molecular flexibility index (Phi) is 5.09. The molecule has 4 aromatic rings. The second-order valence-electron chi connectivity index (χ2n) is 8.75. The van der Waals surface area contributed by atoms with Gasteiger partial charge in [-0.2, -0.15) is 5.10 Å². The number of nitrogens with zero attached hydrogens (tertiary/aromatic N) is 3. The molecule has 2 aromatic carbocycles. The summed E-state index contributed by atoms with van der Waals surface area (Å²) in [6, 6.07) is 16.1. The SMILES string of the molecule is Cc1ccc(-c2nc3ccc(-c4ccccc4F)nn3c2C)cc1NC(=O)C(C)(C)C. The zero-order valence-corrected chi connectivity index (χ0v) is 18.3. The zero-order chi connectivity index (χ0) is 22.3. The first-order chi connectivity index (χ1) is 14.6. The number of carbonyl (C=O) groups is 1. The fourth-order valence-electron chi connectivity index (χ4n) is 3.34. The van der Waals surface area contributed by atoms with Gasteiger partial charge in [0.1, 0.15) is 5.82 Å². The van der Waals surface area contributed by atoms with E-state index in [0.29, 0.717) is 16.9 Å². The summed E-state index contributed by atoms with van der Waals surface area (Å²) in [5.41, 5.74) is 5.39. The number of nitrogens with one attached hydrogen (secondary N) is 1. The fraction of sp³-hybridized carbons (Fsp3) is 0.240. The third-order valence-electron chi connectivity index (χ3n) is 5.29. The van der Waals surface area contributed by atoms with Crippen LogP contribution in [0.4, 0.5) is 10.1 Å². The van der Waals surface area contributed by atoms with E-state index < -0.39 is 5.41 Å². The topological polar surface area (TPSA) is 59.3 Å². The van der Waals surface area contributed by atoms with Crippen LogP contribution in [0.3, 0.4) is 0 Å². The van der Waals surface area contributed by atoms with E-state index >= 15 is 0 Å². The van der Waals surface area contributed by atoms with Crippen LogP contribution in [0, 0.1) is 25.1 Å². The normalized spacial score (nSPS) is 11.7. The number of hydrogen-bond donors (Lipinski definition) is 1. The van der Waals surface area contributed by atoms with Crippen LogP contribution in [0.5, 0.6) is 0 Å². The van der Waals surface area contributed by atoms with E-state index in [1.807, 2.05) is 58.9 Å². The zero-order valence-electron chi connectivity index (χ0n) is 18.3. The highest BCUT2D eigenvalue weighted by molar-refractivity contribution is 5.95. The predicted molar refractivity (Wildman–Crippen MR) is 121 cm³/mol. The molecular formula is C25H25FN4O. The smallest absolute Gasteiger partial charge is 0.229 e. The maximum absolute atomic E-state index is 14.2. The second kappa shape index (κ2) is 7.61. The summed E-state index contributed by atoms with van der Waals surface area (Å²) in [6.07, 6.45) is 0. The van der Waals surface area contributed by atoms with Crippen molar-refractivity contribution in [2.45, 2.75) is 34.6 Å². The van der Waals surface area contributed by atoms with Crippen molar-refractivity contribution < 1.29 is 9.18 Å². The molecule has 2 heterocycles. The van der Waals surface area contributed by atoms with Crippen LogP contribution in [0.15, 0.2) is 54.6 Å². The molecule has 6 heteroatoms. The third kappa shape index (κ3) is 3.93. The van der Waals surface area contributed by atoms with E-state index in [-0.39, 0.29) is 11.7 Å². The lowest BCUT2D eigenvalue weighted by atomic mass is 9.95. The van der Waals surface area contributed by atoms with Gasteiger partial charge in [0.05, 0.1) is 17.1 Å². The van der Waals surface area contributed by atoms with Crippen molar-refractivity contribution in [1.29, 1.82) is 0 Å². The van der Waals surface area contributed by atoms with Crippen molar-refractivity contribution in [2.75, 3.05) is 5.32 Å². The number of carbonyl (C=O) groups excluding carboxylic acids is 1. The van der Waals surface area contributed by atoms with Crippen LogP contribution in [0.1, 0.15) is 32.0 Å². The first-order valence-electron chi connectivity index (χ1n) is 10.2. The van der Waals surface area contributed by atoms with Gasteiger partial charge in [0, 0.05) is 22.2 Å². The Balaban J connectivity index is 1.77. The van der Waals surface area contributed by atoms with Gasteiger partial charge < -0.3 is 5.32 Å². The Morgan fingerprint density at radius 1 is 1.03 bits per heavy atom. The van der Waals surface area contributed by atoms with Gasteiger partial charge in [-0.25, -0.2) is 13.9 Å². The Morgan fingerprint density at radius 3 is 2.48 bits per heavy atom. The van der Waals surface area contributed by atoms with Gasteiger partial charge >= 0.3 is 0 Å². The van der Waals surface area contributed by atoms with E-state index in [9.17, 15) is 9.18 Å². The van der Waals surface area contributed by atoms with E-state index in [0.717, 1.165) is 28.2 Å². The lowest BCUT2D eigenvalue weighted by Crippen LogP contribution is -2.27. The summed E-state index contributed by atoms with van der Waals surface area (Å²) >= 11 is 0. The van der Waals surface area contributed by atoms with Gasteiger partial charge in [-0.05, 0) is 49.7 Å². The number of aryl methyl sites for hydroxylation is 2. The fourth-order valence-corrected chi connectivity index (χ4v) is 3.34. The Morgan fingerprint density at radius 2 is 1.77 bits per heavy atom. The number of fused-ring (bicyclic) bond motifs is 1. The molecule has 2 aromatic heterocycles. The van der Waals surface area contributed by atoms with Crippen LogP contribution >= 0.6 is 0 Å². The third-order valence-corrected chi connectivity index (χ3v) is 5.29. The molecule has 158 valence electrons. The van der Waals surface area contributed by atoms with Crippen LogP contribution in [0.25, 0.3) is 28.2 Å². The van der Waals surface area contributed by atoms with Crippen molar-refractivity contribution >= 4 is 17.2 Å². The molecule has 4 rings (SSSR count). The van der Waals surface area contributed by atoms with E-state index in [1.165, 1.54) is 6.07 Å². The lowest BCUT2D eigenvalue weighted by molar-refractivity contribution is -0.123. The van der Waals surface area contributed by atoms with Crippen molar-refractivity contribution in [3.8, 4) is 22.5 Å². The molecule has 0 saturated carbocycles. The summed E-state index contributed by atoms with van der Waals surface area (Å²) in [5.74, 6) is -0.360. The van der Waals surface area contributed by atoms with Crippen LogP contribution in [0.2, 0.25) is 0 Å². The molecule has 1 amide bonds. The summed E-state index contributed by atoms with van der Waals surface area (Å²) < 4.78 is 15.9. The Labute approximate surface area is 181 Å². The molecule has 0 aliphatic carbocycles. The van der Waals surface area contributed by atoms with Crippen molar-refractivity contribution in [2.24, 2.45) is 5.41 Å². The lowest BCUT2D eigenvalue weighted by Gasteiger charge is -2.19. The Hall–Kier alpha value is -3.54. The number of imidazole rings is 1. The number of benzene rings is 2. The average molecular weight is 417 g/mol. The van der Waals surface area contributed by atoms with Gasteiger partial charge in [-0.15, -0.1) is 0 Å². The first-order valence-corrected chi connectivity index (χ1v) is 10.2. The van der Waals surface area contributed by atoms with Gasteiger partial charge in [0.15, 0.2) is 5.65 Å². The molecule has 31 heavy (non-hydrogen) atoms. The van der Waals surface area contributed by atoms with Crippen LogP contribution < -0.4 is 5.32 Å². The largest absolute Gasteiger partial charge is 0.325 e. The van der Waals surface area contributed by atoms with Gasteiger partial charge in [0.25, 0.3) is 0 Å². The molecule has 0 atom stereocenters. The number of halogens is 1. The Bertz CT molecular complexity index is 1300. The van der Waals surface area contributed by atoms with Crippen molar-refractivity contribution in [3.05, 3.63) is 71.7 Å². The molecule has 0 spiro atoms. The molecule has 0 unspecified atom stereocenters. The maximum Gasteiger partial charge on any atom is 0.229 e. The quantitative estimate of drug-likeness (QED) is 0.459. The minimum atomic E-state index is -0.492. The molecule has 0 aliphatic heterocycles. The number of anilines is 1. The minimum absolute atomic E-state index is 0.0457. The number of rotatable bonds is 3. The number of amides is 1. The number of aromatic nitrogens is 3. The minimum Gasteiger partial charge on any atom is -0.325 e. The summed E-state index contributed by atoms with van der Waals surface area (Å²) in [7, 11) is 0. The molecule has 0 fully saturated rings. The van der Waals surface area contributed by atoms with Crippen LogP contribution in [-0.4, -0.2) is 20.5 Å². The molecule has 0 radical (unpaired) electrons. The van der Waals surface area contributed by atoms with Crippen molar-refractivity contribution in [3.63, 3.8) is 0 Å². The molecule has 0 aliphatic rings. The standard InChI is InChI=1S/C25H25FN4O/c1-15-10-11-17(14-21(15)27-24(31)25(3,4)5)23-16(2)30-22(28-23)13-12-20(29-30)18-8-6-7-9-19(18)26/h6-14H,1-5H3,(H,27,31). The van der Waals surface area contributed by atoms with E-state index in [1.54, 1.807) is 28.8 Å². The van der Waals surface area contributed by atoms with Crippen molar-refractivity contribution in [1.82, 2.24) is 14.6 Å². The molecule has 0 saturated heterocycles. The maximum atomic E-state index is 14.2.